The van der Waals surface area contributed by atoms with Gasteiger partial charge in [0.15, 0.2) is 0 Å². The Hall–Kier alpha value is -0.460. The minimum atomic E-state index is -0.443. The lowest BCUT2D eigenvalue weighted by Gasteiger charge is -2.09. The van der Waals surface area contributed by atoms with E-state index in [0.717, 1.165) is 21.1 Å². The standard InChI is InChI=1S/C13H14INOS/c1-8-13(17-9(2)15-8)12(16)7-10-3-5-11(14)6-4-10/h3-6,12,16H,7H2,1-2H3. The second-order valence-electron chi connectivity index (χ2n) is 4.03. The van der Waals surface area contributed by atoms with Crippen molar-refractivity contribution < 1.29 is 5.11 Å². The Morgan fingerprint density at radius 2 is 1.94 bits per heavy atom. The second-order valence-corrected chi connectivity index (χ2v) is 6.51. The van der Waals surface area contributed by atoms with Gasteiger partial charge in [-0.2, -0.15) is 0 Å². The van der Waals surface area contributed by atoms with Crippen LogP contribution in [-0.4, -0.2) is 10.1 Å². The van der Waals surface area contributed by atoms with Gasteiger partial charge in [-0.15, -0.1) is 11.3 Å². The number of thiazole rings is 1. The number of rotatable bonds is 3. The van der Waals surface area contributed by atoms with E-state index in [1.54, 1.807) is 11.3 Å². The van der Waals surface area contributed by atoms with Gasteiger partial charge in [0.25, 0.3) is 0 Å². The predicted octanol–water partition coefficient (Wildman–Crippen LogP) is 3.64. The summed E-state index contributed by atoms with van der Waals surface area (Å²) in [7, 11) is 0. The maximum Gasteiger partial charge on any atom is 0.0941 e. The maximum atomic E-state index is 10.2. The zero-order valence-corrected chi connectivity index (χ0v) is 12.7. The molecule has 0 aliphatic rings. The van der Waals surface area contributed by atoms with Gasteiger partial charge in [-0.05, 0) is 54.1 Å². The van der Waals surface area contributed by atoms with Crippen LogP contribution in [0.2, 0.25) is 0 Å². The van der Waals surface area contributed by atoms with Gasteiger partial charge in [0.2, 0.25) is 0 Å². The molecule has 0 radical (unpaired) electrons. The quantitative estimate of drug-likeness (QED) is 0.849. The molecule has 2 aromatic rings. The number of hydrogen-bond donors (Lipinski definition) is 1. The van der Waals surface area contributed by atoms with E-state index in [1.165, 1.54) is 3.57 Å². The van der Waals surface area contributed by atoms with E-state index in [-0.39, 0.29) is 0 Å². The fraction of sp³-hybridized carbons (Fsp3) is 0.308. The third-order valence-electron chi connectivity index (χ3n) is 2.58. The van der Waals surface area contributed by atoms with E-state index in [1.807, 2.05) is 13.8 Å². The number of halogens is 1. The highest BCUT2D eigenvalue weighted by Gasteiger charge is 2.15. The molecule has 1 aromatic carbocycles. The van der Waals surface area contributed by atoms with E-state index < -0.39 is 6.10 Å². The molecular weight excluding hydrogens is 345 g/mol. The smallest absolute Gasteiger partial charge is 0.0941 e. The molecule has 2 rings (SSSR count). The lowest BCUT2D eigenvalue weighted by atomic mass is 10.1. The summed E-state index contributed by atoms with van der Waals surface area (Å²) in [6.07, 6.45) is 0.209. The first-order chi connectivity index (χ1) is 8.06. The van der Waals surface area contributed by atoms with Crippen LogP contribution in [-0.2, 0) is 6.42 Å². The molecule has 1 N–H and O–H groups in total. The monoisotopic (exact) mass is 359 g/mol. The predicted molar refractivity (Wildman–Crippen MR) is 79.4 cm³/mol. The van der Waals surface area contributed by atoms with Crippen LogP contribution < -0.4 is 0 Å². The molecule has 0 amide bonds. The minimum absolute atomic E-state index is 0.443. The van der Waals surface area contributed by atoms with Crippen molar-refractivity contribution in [2.24, 2.45) is 0 Å². The first-order valence-corrected chi connectivity index (χ1v) is 7.32. The SMILES string of the molecule is Cc1nc(C)c(C(O)Cc2ccc(I)cc2)s1. The molecule has 1 heterocycles. The number of aromatic nitrogens is 1. The molecule has 17 heavy (non-hydrogen) atoms. The summed E-state index contributed by atoms with van der Waals surface area (Å²) in [5.74, 6) is 0. The molecule has 2 nitrogen and oxygen atoms in total. The van der Waals surface area contributed by atoms with Crippen molar-refractivity contribution in [3.05, 3.63) is 49.0 Å². The second kappa shape index (κ2) is 5.46. The van der Waals surface area contributed by atoms with Crippen molar-refractivity contribution in [3.63, 3.8) is 0 Å². The first kappa shape index (κ1) is 13.0. The molecule has 0 fully saturated rings. The van der Waals surface area contributed by atoms with E-state index in [0.29, 0.717) is 6.42 Å². The number of benzene rings is 1. The van der Waals surface area contributed by atoms with Gasteiger partial charge in [-0.1, -0.05) is 12.1 Å². The van der Waals surface area contributed by atoms with Crippen LogP contribution in [0.4, 0.5) is 0 Å². The average Bonchev–Trinajstić information content (AvgIpc) is 2.61. The van der Waals surface area contributed by atoms with Crippen LogP contribution in [0.3, 0.4) is 0 Å². The topological polar surface area (TPSA) is 33.1 Å². The first-order valence-electron chi connectivity index (χ1n) is 5.42. The van der Waals surface area contributed by atoms with E-state index in [4.69, 9.17) is 0 Å². The van der Waals surface area contributed by atoms with Gasteiger partial charge in [0.05, 0.1) is 21.7 Å². The van der Waals surface area contributed by atoms with Crippen LogP contribution in [0, 0.1) is 17.4 Å². The van der Waals surface area contributed by atoms with Crippen LogP contribution in [0.15, 0.2) is 24.3 Å². The summed E-state index contributed by atoms with van der Waals surface area (Å²) in [6, 6.07) is 8.25. The molecule has 0 saturated carbocycles. The van der Waals surface area contributed by atoms with Crippen molar-refractivity contribution in [2.75, 3.05) is 0 Å². The number of aliphatic hydroxyl groups excluding tert-OH is 1. The van der Waals surface area contributed by atoms with Crippen molar-refractivity contribution in [3.8, 4) is 0 Å². The van der Waals surface area contributed by atoms with Gasteiger partial charge in [-0.3, -0.25) is 0 Å². The highest BCUT2D eigenvalue weighted by Crippen LogP contribution is 2.27. The van der Waals surface area contributed by atoms with Crippen molar-refractivity contribution in [1.82, 2.24) is 4.98 Å². The molecule has 0 bridgehead atoms. The number of hydrogen-bond acceptors (Lipinski definition) is 3. The highest BCUT2D eigenvalue weighted by molar-refractivity contribution is 14.1. The summed E-state index contributed by atoms with van der Waals surface area (Å²) in [5, 5.41) is 11.2. The molecule has 90 valence electrons. The molecule has 0 aliphatic carbocycles. The van der Waals surface area contributed by atoms with E-state index in [2.05, 4.69) is 51.8 Å². The summed E-state index contributed by atoms with van der Waals surface area (Å²) in [4.78, 5) is 5.33. The highest BCUT2D eigenvalue weighted by atomic mass is 127. The Morgan fingerprint density at radius 1 is 1.29 bits per heavy atom. The third-order valence-corrected chi connectivity index (χ3v) is 4.48. The summed E-state index contributed by atoms with van der Waals surface area (Å²) >= 11 is 3.86. The van der Waals surface area contributed by atoms with Crippen LogP contribution in [0.5, 0.6) is 0 Å². The Kier molecular flexibility index (Phi) is 4.17. The Labute approximate surface area is 119 Å². The molecule has 0 spiro atoms. The zero-order chi connectivity index (χ0) is 12.4. The zero-order valence-electron chi connectivity index (χ0n) is 9.77. The lowest BCUT2D eigenvalue weighted by Crippen LogP contribution is -2.01. The average molecular weight is 359 g/mol. The van der Waals surface area contributed by atoms with Gasteiger partial charge < -0.3 is 5.11 Å². The maximum absolute atomic E-state index is 10.2. The molecule has 1 unspecified atom stereocenters. The summed E-state index contributed by atoms with van der Waals surface area (Å²) in [5.41, 5.74) is 2.11. The van der Waals surface area contributed by atoms with Gasteiger partial charge in [0.1, 0.15) is 0 Å². The third kappa shape index (κ3) is 3.26. The van der Waals surface area contributed by atoms with Crippen molar-refractivity contribution >= 4 is 33.9 Å². The molecule has 4 heteroatoms. The fourth-order valence-corrected chi connectivity index (χ4v) is 3.07. The molecule has 1 aromatic heterocycles. The summed E-state index contributed by atoms with van der Waals surface area (Å²) in [6.45, 7) is 3.93. The molecule has 0 aliphatic heterocycles. The van der Waals surface area contributed by atoms with Crippen LogP contribution in [0.1, 0.15) is 27.2 Å². The Balaban J connectivity index is 2.14. The van der Waals surface area contributed by atoms with Gasteiger partial charge in [0, 0.05) is 9.99 Å². The van der Waals surface area contributed by atoms with Crippen LogP contribution >= 0.6 is 33.9 Å². The fourth-order valence-electron chi connectivity index (χ4n) is 1.79. The number of aliphatic hydroxyl groups is 1. The lowest BCUT2D eigenvalue weighted by molar-refractivity contribution is 0.181. The largest absolute Gasteiger partial charge is 0.387 e. The Bertz CT molecular complexity index is 507. The van der Waals surface area contributed by atoms with Crippen molar-refractivity contribution in [2.45, 2.75) is 26.4 Å². The van der Waals surface area contributed by atoms with E-state index in [9.17, 15) is 5.11 Å². The number of aryl methyl sites for hydroxylation is 2. The van der Waals surface area contributed by atoms with Crippen molar-refractivity contribution in [1.29, 1.82) is 0 Å². The van der Waals surface area contributed by atoms with Crippen LogP contribution in [0.25, 0.3) is 0 Å². The minimum Gasteiger partial charge on any atom is -0.387 e. The molecular formula is C13H14INOS. The molecule has 0 saturated heterocycles. The Morgan fingerprint density at radius 3 is 2.47 bits per heavy atom. The summed E-state index contributed by atoms with van der Waals surface area (Å²) < 4.78 is 1.21. The van der Waals surface area contributed by atoms with Gasteiger partial charge >= 0.3 is 0 Å². The normalized spacial score (nSPS) is 12.7. The number of nitrogens with zero attached hydrogens (tertiary/aromatic N) is 1. The van der Waals surface area contributed by atoms with Gasteiger partial charge in [-0.25, -0.2) is 4.98 Å². The molecule has 1 atom stereocenters. The van der Waals surface area contributed by atoms with E-state index >= 15 is 0 Å².